The fourth-order valence-corrected chi connectivity index (χ4v) is 5.16. The molecule has 0 aliphatic carbocycles. The van der Waals surface area contributed by atoms with Crippen molar-refractivity contribution < 1.29 is 18.0 Å². The van der Waals surface area contributed by atoms with Gasteiger partial charge in [0.15, 0.2) is 0 Å². The van der Waals surface area contributed by atoms with Crippen LogP contribution in [0.3, 0.4) is 0 Å². The third-order valence-corrected chi connectivity index (χ3v) is 7.15. The van der Waals surface area contributed by atoms with Gasteiger partial charge in [-0.05, 0) is 36.6 Å². The van der Waals surface area contributed by atoms with Gasteiger partial charge in [0, 0.05) is 43.8 Å². The van der Waals surface area contributed by atoms with Gasteiger partial charge in [0.25, 0.3) is 5.91 Å². The minimum Gasteiger partial charge on any atom is -0.364 e. The van der Waals surface area contributed by atoms with E-state index < -0.39 is 15.9 Å². The van der Waals surface area contributed by atoms with Crippen molar-refractivity contribution in [3.63, 3.8) is 0 Å². The Labute approximate surface area is 174 Å². The Balaban J connectivity index is 1.58. The van der Waals surface area contributed by atoms with Gasteiger partial charge in [0.2, 0.25) is 15.9 Å². The molecule has 3 N–H and O–H groups in total. The van der Waals surface area contributed by atoms with Crippen LogP contribution in [0.4, 0.5) is 0 Å². The number of sulfonamides is 1. The zero-order chi connectivity index (χ0) is 21.2. The van der Waals surface area contributed by atoms with Crippen molar-refractivity contribution in [1.29, 1.82) is 0 Å². The molecular formula is C19H23ClN4O4S. The van der Waals surface area contributed by atoms with Crippen LogP contribution in [0.5, 0.6) is 0 Å². The number of primary amides is 1. The largest absolute Gasteiger partial charge is 0.364 e. The molecule has 1 fully saturated rings. The smallest absolute Gasteiger partial charge is 0.265 e. The number of aromatic nitrogens is 1. The van der Waals surface area contributed by atoms with E-state index in [-0.39, 0.29) is 35.5 Å². The molecule has 0 bridgehead atoms. The van der Waals surface area contributed by atoms with Crippen molar-refractivity contribution >= 4 is 33.4 Å². The molecule has 0 atom stereocenters. The highest BCUT2D eigenvalue weighted by Gasteiger charge is 2.33. The number of carbonyl (C=O) groups is 2. The Hall–Kier alpha value is -2.36. The second kappa shape index (κ2) is 8.56. The molecule has 3 rings (SSSR count). The van der Waals surface area contributed by atoms with Crippen LogP contribution in [0.1, 0.15) is 28.9 Å². The first-order valence-corrected chi connectivity index (χ1v) is 11.0. The molecule has 2 heterocycles. The van der Waals surface area contributed by atoms with Gasteiger partial charge >= 0.3 is 0 Å². The minimum absolute atomic E-state index is 0.0256. The van der Waals surface area contributed by atoms with E-state index in [2.05, 4.69) is 5.32 Å². The Bertz CT molecular complexity index is 1030. The molecule has 1 aliphatic rings. The van der Waals surface area contributed by atoms with Crippen molar-refractivity contribution in [2.75, 3.05) is 13.1 Å². The van der Waals surface area contributed by atoms with Gasteiger partial charge in [-0.3, -0.25) is 9.59 Å². The molecule has 0 radical (unpaired) electrons. The predicted molar refractivity (Wildman–Crippen MR) is 109 cm³/mol. The van der Waals surface area contributed by atoms with E-state index in [1.165, 1.54) is 21.1 Å². The molecule has 0 saturated carbocycles. The molecule has 156 valence electrons. The number of amides is 2. The van der Waals surface area contributed by atoms with Crippen LogP contribution < -0.4 is 11.1 Å². The van der Waals surface area contributed by atoms with Gasteiger partial charge in [0.1, 0.15) is 10.6 Å². The van der Waals surface area contributed by atoms with Gasteiger partial charge in [-0.25, -0.2) is 8.42 Å². The second-order valence-corrected chi connectivity index (χ2v) is 9.44. The highest BCUT2D eigenvalue weighted by Crippen LogP contribution is 2.25. The molecule has 1 saturated heterocycles. The van der Waals surface area contributed by atoms with E-state index in [4.69, 9.17) is 17.3 Å². The number of hydrogen-bond acceptors (Lipinski definition) is 4. The number of nitrogens with two attached hydrogens (primary N) is 1. The van der Waals surface area contributed by atoms with E-state index in [0.717, 1.165) is 5.56 Å². The third kappa shape index (κ3) is 4.80. The minimum atomic E-state index is -3.75. The number of nitrogens with zero attached hydrogens (tertiary/aromatic N) is 2. The maximum Gasteiger partial charge on any atom is 0.265 e. The van der Waals surface area contributed by atoms with Gasteiger partial charge in [-0.2, -0.15) is 4.31 Å². The molecular weight excluding hydrogens is 416 g/mol. The second-order valence-electron chi connectivity index (χ2n) is 7.06. The molecule has 2 aromatic rings. The van der Waals surface area contributed by atoms with Crippen LogP contribution >= 0.6 is 11.6 Å². The maximum atomic E-state index is 12.8. The Morgan fingerprint density at radius 2 is 1.93 bits per heavy atom. The number of hydrogen-bond donors (Lipinski definition) is 2. The zero-order valence-electron chi connectivity index (χ0n) is 16.0. The molecule has 0 unspecified atom stereocenters. The summed E-state index contributed by atoms with van der Waals surface area (Å²) in [6.45, 7) is 0.842. The summed E-state index contributed by atoms with van der Waals surface area (Å²) in [6.07, 6.45) is 2.23. The van der Waals surface area contributed by atoms with Crippen molar-refractivity contribution in [2.45, 2.75) is 24.3 Å². The van der Waals surface area contributed by atoms with E-state index in [1.807, 2.05) is 12.1 Å². The molecule has 0 spiro atoms. The number of carbonyl (C=O) groups excluding carboxylic acids is 2. The van der Waals surface area contributed by atoms with Gasteiger partial charge in [-0.1, -0.05) is 23.7 Å². The van der Waals surface area contributed by atoms with Crippen LogP contribution in [0, 0.1) is 5.92 Å². The lowest BCUT2D eigenvalue weighted by Gasteiger charge is -2.30. The van der Waals surface area contributed by atoms with Crippen LogP contribution in [0.2, 0.25) is 5.02 Å². The topological polar surface area (TPSA) is 114 Å². The first-order chi connectivity index (χ1) is 13.7. The number of benzene rings is 1. The average molecular weight is 439 g/mol. The number of piperidine rings is 1. The first-order valence-electron chi connectivity index (χ1n) is 9.17. The Kier molecular flexibility index (Phi) is 6.30. The number of halogens is 1. The lowest BCUT2D eigenvalue weighted by molar-refractivity contribution is -0.126. The van der Waals surface area contributed by atoms with Crippen LogP contribution in [0.25, 0.3) is 0 Å². The maximum absolute atomic E-state index is 12.8. The average Bonchev–Trinajstić information content (AvgIpc) is 3.09. The SMILES string of the molecule is Cn1cc(S(=O)(=O)N2CCC(C(=O)NCc3cccc(Cl)c3)CC2)cc1C(N)=O. The molecule has 1 aromatic carbocycles. The van der Waals surface area contributed by atoms with E-state index in [0.29, 0.717) is 24.4 Å². The van der Waals surface area contributed by atoms with Crippen molar-refractivity contribution in [2.24, 2.45) is 18.7 Å². The molecule has 1 aromatic heterocycles. The van der Waals surface area contributed by atoms with E-state index >= 15 is 0 Å². The number of rotatable bonds is 6. The highest BCUT2D eigenvalue weighted by atomic mass is 35.5. The van der Waals surface area contributed by atoms with Crippen LogP contribution in [-0.4, -0.2) is 42.2 Å². The van der Waals surface area contributed by atoms with Crippen molar-refractivity contribution in [3.8, 4) is 0 Å². The molecule has 10 heteroatoms. The Morgan fingerprint density at radius 1 is 1.24 bits per heavy atom. The summed E-state index contributed by atoms with van der Waals surface area (Å²) in [5.41, 5.74) is 6.29. The zero-order valence-corrected chi connectivity index (χ0v) is 17.5. The fraction of sp³-hybridized carbons (Fsp3) is 0.368. The van der Waals surface area contributed by atoms with E-state index in [1.54, 1.807) is 19.2 Å². The van der Waals surface area contributed by atoms with Gasteiger partial charge in [0.05, 0.1) is 0 Å². The summed E-state index contributed by atoms with van der Waals surface area (Å²) in [4.78, 5) is 23.8. The fourth-order valence-electron chi connectivity index (χ4n) is 3.41. The lowest BCUT2D eigenvalue weighted by Crippen LogP contribution is -2.42. The first kappa shape index (κ1) is 21.4. The van der Waals surface area contributed by atoms with Gasteiger partial charge < -0.3 is 15.6 Å². The molecule has 8 nitrogen and oxygen atoms in total. The summed E-state index contributed by atoms with van der Waals surface area (Å²) >= 11 is 5.94. The lowest BCUT2D eigenvalue weighted by atomic mass is 9.97. The molecule has 29 heavy (non-hydrogen) atoms. The number of aryl methyl sites for hydroxylation is 1. The monoisotopic (exact) mass is 438 g/mol. The van der Waals surface area contributed by atoms with Crippen LogP contribution in [-0.2, 0) is 28.4 Å². The summed E-state index contributed by atoms with van der Waals surface area (Å²) < 4.78 is 28.4. The van der Waals surface area contributed by atoms with E-state index in [9.17, 15) is 18.0 Å². The molecule has 2 amide bonds. The quantitative estimate of drug-likeness (QED) is 0.711. The standard InChI is InChI=1S/C19H23ClN4O4S/c1-23-12-16(10-17(23)18(21)25)29(27,28)24-7-5-14(6-8-24)19(26)22-11-13-3-2-4-15(20)9-13/h2-4,9-10,12,14H,5-8,11H2,1H3,(H2,21,25)(H,22,26). The predicted octanol–water partition coefficient (Wildman–Crippen LogP) is 1.49. The highest BCUT2D eigenvalue weighted by molar-refractivity contribution is 7.89. The summed E-state index contributed by atoms with van der Waals surface area (Å²) in [7, 11) is -2.18. The molecule has 1 aliphatic heterocycles. The Morgan fingerprint density at radius 3 is 2.52 bits per heavy atom. The van der Waals surface area contributed by atoms with Crippen LogP contribution in [0.15, 0.2) is 41.4 Å². The van der Waals surface area contributed by atoms with Crippen molar-refractivity contribution in [3.05, 3.63) is 52.8 Å². The number of nitrogens with one attached hydrogen (secondary N) is 1. The third-order valence-electron chi connectivity index (χ3n) is 5.05. The normalized spacial score (nSPS) is 15.9. The summed E-state index contributed by atoms with van der Waals surface area (Å²) in [6, 6.07) is 8.53. The summed E-state index contributed by atoms with van der Waals surface area (Å²) in [5.74, 6) is -1.04. The van der Waals surface area contributed by atoms with Gasteiger partial charge in [-0.15, -0.1) is 0 Å². The summed E-state index contributed by atoms with van der Waals surface area (Å²) in [5, 5.41) is 3.49. The van der Waals surface area contributed by atoms with Crippen molar-refractivity contribution in [1.82, 2.24) is 14.2 Å².